The van der Waals surface area contributed by atoms with Crippen LogP contribution in [0.15, 0.2) is 33.7 Å². The zero-order chi connectivity index (χ0) is 19.2. The number of nitrogens with one attached hydrogen (secondary N) is 1. The van der Waals surface area contributed by atoms with E-state index in [1.807, 2.05) is 0 Å². The number of piperazine rings is 1. The summed E-state index contributed by atoms with van der Waals surface area (Å²) in [6, 6.07) is 8.90. The van der Waals surface area contributed by atoms with Gasteiger partial charge < -0.3 is 10.2 Å². The zero-order valence-corrected chi connectivity index (χ0v) is 20.9. The molecule has 1 N–H and O–H groups in total. The van der Waals surface area contributed by atoms with E-state index in [1.54, 1.807) is 7.05 Å². The maximum absolute atomic E-state index is 11.2. The highest BCUT2D eigenvalue weighted by Gasteiger charge is 2.23. The number of halogens is 2. The molecular weight excluding hydrogens is 543 g/mol. The van der Waals surface area contributed by atoms with Crippen LogP contribution in [0.3, 0.4) is 0 Å². The zero-order valence-electron chi connectivity index (χ0n) is 16.2. The number of nitrogens with zero attached hydrogens (tertiary/aromatic N) is 3. The van der Waals surface area contributed by atoms with E-state index in [0.717, 1.165) is 36.6 Å². The highest BCUT2D eigenvalue weighted by molar-refractivity contribution is 14.0. The Kier molecular flexibility index (Phi) is 10.6. The summed E-state index contributed by atoms with van der Waals surface area (Å²) >= 11 is 3.49. The van der Waals surface area contributed by atoms with Crippen molar-refractivity contribution in [1.29, 1.82) is 0 Å². The molecule has 1 fully saturated rings. The van der Waals surface area contributed by atoms with Crippen LogP contribution >= 0.6 is 39.9 Å². The molecule has 1 aromatic rings. The van der Waals surface area contributed by atoms with E-state index < -0.39 is 9.84 Å². The molecule has 1 aliphatic rings. The van der Waals surface area contributed by atoms with Crippen LogP contribution in [-0.2, 0) is 9.84 Å². The lowest BCUT2D eigenvalue weighted by Crippen LogP contribution is -2.53. The first-order valence-electron chi connectivity index (χ1n) is 8.93. The molecule has 0 spiro atoms. The number of sulfone groups is 1. The average Bonchev–Trinajstić information content (AvgIpc) is 2.61. The minimum Gasteiger partial charge on any atom is -0.356 e. The molecule has 9 heteroatoms. The average molecular weight is 573 g/mol. The number of benzene rings is 1. The highest BCUT2D eigenvalue weighted by Crippen LogP contribution is 2.23. The van der Waals surface area contributed by atoms with Crippen LogP contribution in [0.4, 0.5) is 0 Å². The van der Waals surface area contributed by atoms with E-state index in [0.29, 0.717) is 19.0 Å². The molecule has 0 amide bonds. The molecule has 0 bridgehead atoms. The lowest BCUT2D eigenvalue weighted by molar-refractivity contribution is 0.138. The molecule has 1 unspecified atom stereocenters. The normalized spacial score (nSPS) is 17.3. The Morgan fingerprint density at radius 2 is 1.81 bits per heavy atom. The lowest BCUT2D eigenvalue weighted by atomic mass is 10.1. The van der Waals surface area contributed by atoms with Crippen LogP contribution in [0.5, 0.6) is 0 Å². The SMILES string of the molecule is CN=C(NCCCS(C)(=O)=O)N1CCN(C(C)c2ccc(Br)cc2)CC1.I. The van der Waals surface area contributed by atoms with E-state index in [4.69, 9.17) is 0 Å². The van der Waals surface area contributed by atoms with E-state index in [2.05, 4.69) is 67.2 Å². The van der Waals surface area contributed by atoms with E-state index in [1.165, 1.54) is 11.8 Å². The van der Waals surface area contributed by atoms with Gasteiger partial charge >= 0.3 is 0 Å². The number of hydrogen-bond donors (Lipinski definition) is 1. The van der Waals surface area contributed by atoms with Crippen LogP contribution < -0.4 is 5.32 Å². The molecule has 0 aromatic heterocycles. The molecule has 1 aliphatic heterocycles. The van der Waals surface area contributed by atoms with E-state index >= 15 is 0 Å². The van der Waals surface area contributed by atoms with Crippen molar-refractivity contribution in [1.82, 2.24) is 15.1 Å². The van der Waals surface area contributed by atoms with E-state index in [-0.39, 0.29) is 29.7 Å². The molecule has 0 saturated carbocycles. The fourth-order valence-corrected chi connectivity index (χ4v) is 4.07. The van der Waals surface area contributed by atoms with Crippen molar-refractivity contribution < 1.29 is 8.42 Å². The molecule has 1 saturated heterocycles. The van der Waals surface area contributed by atoms with Gasteiger partial charge in [0.15, 0.2) is 5.96 Å². The van der Waals surface area contributed by atoms with Gasteiger partial charge in [0, 0.05) is 56.5 Å². The Balaban J connectivity index is 0.00000364. The quantitative estimate of drug-likeness (QED) is 0.246. The van der Waals surface area contributed by atoms with Gasteiger partial charge in [0.05, 0.1) is 5.75 Å². The van der Waals surface area contributed by atoms with Gasteiger partial charge in [-0.1, -0.05) is 28.1 Å². The second kappa shape index (κ2) is 11.6. The first-order chi connectivity index (χ1) is 12.3. The van der Waals surface area contributed by atoms with Crippen LogP contribution in [-0.4, -0.2) is 76.0 Å². The molecule has 0 radical (unpaired) electrons. The Labute approximate surface area is 188 Å². The van der Waals surface area contributed by atoms with Crippen molar-refractivity contribution in [2.45, 2.75) is 19.4 Å². The Bertz CT molecular complexity index is 705. The van der Waals surface area contributed by atoms with Gasteiger partial charge in [0.25, 0.3) is 0 Å². The standard InChI is InChI=1S/C18H29BrN4O2S.HI/c1-15(16-5-7-17(19)8-6-16)22-10-12-23(13-11-22)18(20-2)21-9-4-14-26(3,24)25;/h5-8,15H,4,9-14H2,1-3H3,(H,20,21);1H. The first kappa shape index (κ1) is 24.6. The summed E-state index contributed by atoms with van der Waals surface area (Å²) in [4.78, 5) is 9.07. The molecule has 27 heavy (non-hydrogen) atoms. The molecular formula is C18H30BrIN4O2S. The van der Waals surface area contributed by atoms with Gasteiger partial charge in [-0.25, -0.2) is 8.42 Å². The summed E-state index contributed by atoms with van der Waals surface area (Å²) in [7, 11) is -1.13. The van der Waals surface area contributed by atoms with Crippen LogP contribution in [0.25, 0.3) is 0 Å². The summed E-state index contributed by atoms with van der Waals surface area (Å²) in [5, 5.41) is 3.28. The molecule has 1 atom stereocenters. The molecule has 6 nitrogen and oxygen atoms in total. The summed E-state index contributed by atoms with van der Waals surface area (Å²) in [6.07, 6.45) is 1.87. The topological polar surface area (TPSA) is 65.0 Å². The van der Waals surface area contributed by atoms with E-state index in [9.17, 15) is 8.42 Å². The summed E-state index contributed by atoms with van der Waals surface area (Å²) in [5.41, 5.74) is 1.32. The maximum atomic E-state index is 11.2. The second-order valence-corrected chi connectivity index (χ2v) is 9.88. The fraction of sp³-hybridized carbons (Fsp3) is 0.611. The smallest absolute Gasteiger partial charge is 0.193 e. The van der Waals surface area contributed by atoms with Crippen LogP contribution in [0.2, 0.25) is 0 Å². The number of rotatable bonds is 6. The summed E-state index contributed by atoms with van der Waals surface area (Å²) in [6.45, 7) is 6.63. The maximum Gasteiger partial charge on any atom is 0.193 e. The van der Waals surface area contributed by atoms with Crippen molar-refractivity contribution in [3.63, 3.8) is 0 Å². The largest absolute Gasteiger partial charge is 0.356 e. The van der Waals surface area contributed by atoms with Gasteiger partial charge in [-0.2, -0.15) is 0 Å². The number of aliphatic imine (C=N–C) groups is 1. The third-order valence-electron chi connectivity index (χ3n) is 4.70. The Hall–Kier alpha value is -0.390. The van der Waals surface area contributed by atoms with Crippen molar-refractivity contribution >= 4 is 55.7 Å². The third-order valence-corrected chi connectivity index (χ3v) is 6.26. The molecule has 0 aliphatic carbocycles. The van der Waals surface area contributed by atoms with Crippen molar-refractivity contribution in [3.8, 4) is 0 Å². The van der Waals surface area contributed by atoms with Crippen LogP contribution in [0, 0.1) is 0 Å². The highest BCUT2D eigenvalue weighted by atomic mass is 127. The number of hydrogen-bond acceptors (Lipinski definition) is 4. The fourth-order valence-electron chi connectivity index (χ4n) is 3.14. The monoisotopic (exact) mass is 572 g/mol. The summed E-state index contributed by atoms with van der Waals surface area (Å²) in [5.74, 6) is 1.06. The van der Waals surface area contributed by atoms with Crippen LogP contribution in [0.1, 0.15) is 24.9 Å². The van der Waals surface area contributed by atoms with Crippen molar-refractivity contribution in [2.24, 2.45) is 4.99 Å². The molecule has 1 heterocycles. The van der Waals surface area contributed by atoms with Gasteiger partial charge in [-0.3, -0.25) is 9.89 Å². The van der Waals surface area contributed by atoms with Gasteiger partial charge in [-0.15, -0.1) is 24.0 Å². The third kappa shape index (κ3) is 8.25. The minimum absolute atomic E-state index is 0. The summed E-state index contributed by atoms with van der Waals surface area (Å²) < 4.78 is 23.5. The van der Waals surface area contributed by atoms with Crippen molar-refractivity contribution in [3.05, 3.63) is 34.3 Å². The lowest BCUT2D eigenvalue weighted by Gasteiger charge is -2.39. The predicted octanol–water partition coefficient (Wildman–Crippen LogP) is 2.76. The van der Waals surface area contributed by atoms with Gasteiger partial charge in [0.2, 0.25) is 0 Å². The molecule has 2 rings (SSSR count). The minimum atomic E-state index is -2.90. The molecule has 154 valence electrons. The first-order valence-corrected chi connectivity index (χ1v) is 11.8. The predicted molar refractivity (Wildman–Crippen MR) is 127 cm³/mol. The molecule has 1 aromatic carbocycles. The second-order valence-electron chi connectivity index (χ2n) is 6.71. The van der Waals surface area contributed by atoms with Crippen molar-refractivity contribution in [2.75, 3.05) is 51.8 Å². The van der Waals surface area contributed by atoms with Gasteiger partial charge in [-0.05, 0) is 31.0 Å². The Morgan fingerprint density at radius 1 is 1.22 bits per heavy atom. The number of guanidine groups is 1. The van der Waals surface area contributed by atoms with Gasteiger partial charge in [0.1, 0.15) is 9.84 Å². The Morgan fingerprint density at radius 3 is 2.33 bits per heavy atom.